The molecule has 0 atom stereocenters. The van der Waals surface area contributed by atoms with E-state index in [0.717, 1.165) is 18.7 Å². The molecule has 0 aromatic carbocycles. The highest BCUT2D eigenvalue weighted by molar-refractivity contribution is 5.67. The molecule has 0 bridgehead atoms. The van der Waals surface area contributed by atoms with Gasteiger partial charge in [-0.05, 0) is 45.9 Å². The minimum absolute atomic E-state index is 0.313. The molecule has 20 heavy (non-hydrogen) atoms. The van der Waals surface area contributed by atoms with Gasteiger partial charge >= 0.3 is 6.09 Å². The maximum atomic E-state index is 11.3. The van der Waals surface area contributed by atoms with E-state index in [1.54, 1.807) is 12.1 Å². The van der Waals surface area contributed by atoms with Crippen LogP contribution in [0.5, 0.6) is 0 Å². The standard InChI is InChI=1S/C14H21N3O3/c1-14(2,3)20-13(18)17-8-4-7-16-10-12-6-5-11(9-15)19-12/h5-6,16H,4,7-8,10H2,1-3H3,(H,17,18). The number of carbonyl (C=O) groups excluding carboxylic acids is 1. The number of nitrogens with one attached hydrogen (secondary N) is 2. The number of ether oxygens (including phenoxy) is 1. The van der Waals surface area contributed by atoms with E-state index in [4.69, 9.17) is 14.4 Å². The molecule has 110 valence electrons. The number of nitriles is 1. The average Bonchev–Trinajstić information content (AvgIpc) is 2.79. The lowest BCUT2D eigenvalue weighted by Crippen LogP contribution is -2.33. The van der Waals surface area contributed by atoms with Crippen molar-refractivity contribution in [3.8, 4) is 6.07 Å². The number of nitrogens with zero attached hydrogens (tertiary/aromatic N) is 1. The first-order valence-corrected chi connectivity index (χ1v) is 6.57. The van der Waals surface area contributed by atoms with E-state index < -0.39 is 11.7 Å². The van der Waals surface area contributed by atoms with Gasteiger partial charge in [-0.1, -0.05) is 0 Å². The molecule has 0 unspecified atom stereocenters. The Morgan fingerprint density at radius 3 is 2.75 bits per heavy atom. The minimum Gasteiger partial charge on any atom is -0.449 e. The second kappa shape index (κ2) is 7.56. The van der Waals surface area contributed by atoms with Crippen molar-refractivity contribution >= 4 is 6.09 Å². The van der Waals surface area contributed by atoms with Gasteiger partial charge in [-0.25, -0.2) is 4.79 Å². The van der Waals surface area contributed by atoms with E-state index in [1.165, 1.54) is 0 Å². The predicted molar refractivity (Wildman–Crippen MR) is 74.0 cm³/mol. The van der Waals surface area contributed by atoms with Crippen LogP contribution in [-0.2, 0) is 11.3 Å². The van der Waals surface area contributed by atoms with E-state index in [0.29, 0.717) is 18.8 Å². The average molecular weight is 279 g/mol. The van der Waals surface area contributed by atoms with Crippen molar-refractivity contribution in [1.29, 1.82) is 5.26 Å². The fourth-order valence-electron chi connectivity index (χ4n) is 1.46. The molecule has 0 saturated heterocycles. The maximum Gasteiger partial charge on any atom is 0.407 e. The van der Waals surface area contributed by atoms with E-state index >= 15 is 0 Å². The molecule has 0 aliphatic heterocycles. The van der Waals surface area contributed by atoms with Crippen LogP contribution >= 0.6 is 0 Å². The number of hydrogen-bond donors (Lipinski definition) is 2. The van der Waals surface area contributed by atoms with Crippen LogP contribution < -0.4 is 10.6 Å². The molecule has 1 heterocycles. The van der Waals surface area contributed by atoms with Gasteiger partial charge < -0.3 is 19.8 Å². The molecule has 0 aliphatic rings. The lowest BCUT2D eigenvalue weighted by atomic mass is 10.2. The number of amides is 1. The van der Waals surface area contributed by atoms with E-state index in [-0.39, 0.29) is 0 Å². The zero-order valence-corrected chi connectivity index (χ0v) is 12.2. The molecule has 0 fully saturated rings. The number of rotatable bonds is 6. The third kappa shape index (κ3) is 6.81. The van der Waals surface area contributed by atoms with Crippen molar-refractivity contribution in [2.45, 2.75) is 39.3 Å². The molecule has 0 saturated carbocycles. The van der Waals surface area contributed by atoms with E-state index in [2.05, 4.69) is 10.6 Å². The second-order valence-corrected chi connectivity index (χ2v) is 5.34. The summed E-state index contributed by atoms with van der Waals surface area (Å²) in [7, 11) is 0. The SMILES string of the molecule is CC(C)(C)OC(=O)NCCCNCc1ccc(C#N)o1. The zero-order valence-electron chi connectivity index (χ0n) is 12.2. The Balaban J connectivity index is 2.05. The van der Waals surface area contributed by atoms with Crippen LogP contribution in [0.4, 0.5) is 4.79 Å². The molecule has 1 aromatic heterocycles. The smallest absolute Gasteiger partial charge is 0.407 e. The molecule has 0 aliphatic carbocycles. The Hall–Kier alpha value is -2.00. The molecule has 1 rings (SSSR count). The minimum atomic E-state index is -0.472. The maximum absolute atomic E-state index is 11.3. The Labute approximate surface area is 119 Å². The third-order valence-electron chi connectivity index (χ3n) is 2.27. The molecule has 2 N–H and O–H groups in total. The summed E-state index contributed by atoms with van der Waals surface area (Å²) in [5.41, 5.74) is -0.472. The first-order chi connectivity index (χ1) is 9.40. The largest absolute Gasteiger partial charge is 0.449 e. The molecule has 6 nitrogen and oxygen atoms in total. The van der Waals surface area contributed by atoms with Crippen molar-refractivity contribution < 1.29 is 13.9 Å². The Bertz CT molecular complexity index is 469. The number of hydrogen-bond acceptors (Lipinski definition) is 5. The fraction of sp³-hybridized carbons (Fsp3) is 0.571. The Morgan fingerprint density at radius 1 is 1.40 bits per heavy atom. The first kappa shape index (κ1) is 16.1. The highest BCUT2D eigenvalue weighted by Gasteiger charge is 2.15. The second-order valence-electron chi connectivity index (χ2n) is 5.34. The molecule has 0 spiro atoms. The number of carbonyl (C=O) groups is 1. The van der Waals surface area contributed by atoms with Crippen LogP contribution in [-0.4, -0.2) is 24.8 Å². The number of alkyl carbamates (subject to hydrolysis) is 1. The van der Waals surface area contributed by atoms with Gasteiger partial charge in [0.2, 0.25) is 5.76 Å². The monoisotopic (exact) mass is 279 g/mol. The van der Waals surface area contributed by atoms with Crippen LogP contribution in [0.3, 0.4) is 0 Å². The highest BCUT2D eigenvalue weighted by Crippen LogP contribution is 2.06. The van der Waals surface area contributed by atoms with E-state index in [1.807, 2.05) is 26.8 Å². The molecule has 1 amide bonds. The zero-order chi connectivity index (χ0) is 15.0. The van der Waals surface area contributed by atoms with Crippen LogP contribution in [0.2, 0.25) is 0 Å². The first-order valence-electron chi connectivity index (χ1n) is 6.57. The Morgan fingerprint density at radius 2 is 2.15 bits per heavy atom. The van der Waals surface area contributed by atoms with Gasteiger partial charge in [0.1, 0.15) is 17.4 Å². The summed E-state index contributed by atoms with van der Waals surface area (Å²) in [6.45, 7) is 7.32. The van der Waals surface area contributed by atoms with Crippen LogP contribution in [0.1, 0.15) is 38.7 Å². The molecular weight excluding hydrogens is 258 g/mol. The van der Waals surface area contributed by atoms with Gasteiger partial charge in [-0.2, -0.15) is 5.26 Å². The molecule has 1 aromatic rings. The van der Waals surface area contributed by atoms with Crippen LogP contribution in [0.25, 0.3) is 0 Å². The summed E-state index contributed by atoms with van der Waals surface area (Å²) in [6.07, 6.45) is 0.382. The molecule has 0 radical (unpaired) electrons. The predicted octanol–water partition coefficient (Wildman–Crippen LogP) is 2.16. The summed E-state index contributed by atoms with van der Waals surface area (Å²) in [4.78, 5) is 11.3. The van der Waals surface area contributed by atoms with Crippen molar-refractivity contribution in [3.05, 3.63) is 23.7 Å². The van der Waals surface area contributed by atoms with Gasteiger partial charge in [0.25, 0.3) is 0 Å². The molecule has 6 heteroatoms. The van der Waals surface area contributed by atoms with Gasteiger partial charge in [-0.3, -0.25) is 0 Å². The quantitative estimate of drug-likeness (QED) is 0.779. The van der Waals surface area contributed by atoms with Gasteiger partial charge in [0.05, 0.1) is 6.54 Å². The molecular formula is C14H21N3O3. The Kier molecular flexibility index (Phi) is 6.07. The highest BCUT2D eigenvalue weighted by atomic mass is 16.6. The van der Waals surface area contributed by atoms with Gasteiger partial charge in [0.15, 0.2) is 0 Å². The summed E-state index contributed by atoms with van der Waals surface area (Å²) >= 11 is 0. The summed E-state index contributed by atoms with van der Waals surface area (Å²) in [6, 6.07) is 5.34. The van der Waals surface area contributed by atoms with Gasteiger partial charge in [0, 0.05) is 6.54 Å². The number of furan rings is 1. The van der Waals surface area contributed by atoms with Crippen LogP contribution in [0.15, 0.2) is 16.5 Å². The van der Waals surface area contributed by atoms with E-state index in [9.17, 15) is 4.79 Å². The van der Waals surface area contributed by atoms with Crippen molar-refractivity contribution in [3.63, 3.8) is 0 Å². The normalized spacial score (nSPS) is 10.9. The fourth-order valence-corrected chi connectivity index (χ4v) is 1.46. The van der Waals surface area contributed by atoms with Crippen molar-refractivity contribution in [2.24, 2.45) is 0 Å². The van der Waals surface area contributed by atoms with Gasteiger partial charge in [-0.15, -0.1) is 0 Å². The van der Waals surface area contributed by atoms with Crippen molar-refractivity contribution in [1.82, 2.24) is 10.6 Å². The summed E-state index contributed by atoms with van der Waals surface area (Å²) in [5.74, 6) is 1.04. The lowest BCUT2D eigenvalue weighted by Gasteiger charge is -2.19. The summed E-state index contributed by atoms with van der Waals surface area (Å²) in [5, 5.41) is 14.5. The van der Waals surface area contributed by atoms with Crippen molar-refractivity contribution in [2.75, 3.05) is 13.1 Å². The lowest BCUT2D eigenvalue weighted by molar-refractivity contribution is 0.0527. The van der Waals surface area contributed by atoms with Crippen LogP contribution in [0, 0.1) is 11.3 Å². The topological polar surface area (TPSA) is 87.3 Å². The summed E-state index contributed by atoms with van der Waals surface area (Å²) < 4.78 is 10.3. The third-order valence-corrected chi connectivity index (χ3v) is 2.27.